The first kappa shape index (κ1) is 13.4. The number of anilines is 1. The predicted molar refractivity (Wildman–Crippen MR) is 67.1 cm³/mol. The monoisotopic (exact) mass is 237 g/mol. The molecule has 1 aromatic heterocycles. The second-order valence-electron chi connectivity index (χ2n) is 3.92. The van der Waals surface area contributed by atoms with Crippen molar-refractivity contribution in [2.24, 2.45) is 0 Å². The summed E-state index contributed by atoms with van der Waals surface area (Å²) < 4.78 is 0. The minimum Gasteiger partial charge on any atom is -0.367 e. The van der Waals surface area contributed by atoms with Crippen molar-refractivity contribution in [3.8, 4) is 0 Å². The summed E-state index contributed by atoms with van der Waals surface area (Å²) in [7, 11) is 1.56. The normalized spacial score (nSPS) is 10.4. The van der Waals surface area contributed by atoms with Gasteiger partial charge in [-0.2, -0.15) is 0 Å². The molecule has 0 aliphatic carbocycles. The quantitative estimate of drug-likeness (QED) is 0.618. The highest BCUT2D eigenvalue weighted by Crippen LogP contribution is 2.00. The molecule has 0 aliphatic heterocycles. The Hall–Kier alpha value is -1.69. The number of carbonyl (C=O) groups is 1. The van der Waals surface area contributed by atoms with Gasteiger partial charge in [0.2, 0.25) is 0 Å². The standard InChI is InChI=1S/C11H19N5O/c1-8(2)13-6-7-14-10-5-4-9(15-16-10)11(17)12-3/h4-5,8,13H,6-7H2,1-3H3,(H,12,17)(H,14,16). The van der Waals surface area contributed by atoms with Gasteiger partial charge in [0.25, 0.3) is 5.91 Å². The summed E-state index contributed by atoms with van der Waals surface area (Å²) in [6.45, 7) is 5.82. The van der Waals surface area contributed by atoms with Crippen LogP contribution in [-0.4, -0.2) is 42.3 Å². The lowest BCUT2D eigenvalue weighted by atomic mass is 10.3. The van der Waals surface area contributed by atoms with Gasteiger partial charge in [0, 0.05) is 26.2 Å². The Bertz CT molecular complexity index is 349. The largest absolute Gasteiger partial charge is 0.367 e. The highest BCUT2D eigenvalue weighted by Gasteiger charge is 2.04. The van der Waals surface area contributed by atoms with Crippen molar-refractivity contribution >= 4 is 11.7 Å². The van der Waals surface area contributed by atoms with Crippen LogP contribution in [0.5, 0.6) is 0 Å². The highest BCUT2D eigenvalue weighted by atomic mass is 16.1. The number of rotatable bonds is 6. The van der Waals surface area contributed by atoms with Gasteiger partial charge < -0.3 is 16.0 Å². The van der Waals surface area contributed by atoms with E-state index in [4.69, 9.17) is 0 Å². The van der Waals surface area contributed by atoms with E-state index in [-0.39, 0.29) is 5.91 Å². The molecule has 0 unspecified atom stereocenters. The minimum absolute atomic E-state index is 0.231. The summed E-state index contributed by atoms with van der Waals surface area (Å²) in [6, 6.07) is 3.86. The first-order valence-corrected chi connectivity index (χ1v) is 5.66. The Labute approximate surface area is 101 Å². The molecule has 0 atom stereocenters. The Kier molecular flexibility index (Phi) is 5.35. The Morgan fingerprint density at radius 1 is 1.29 bits per heavy atom. The molecule has 0 saturated carbocycles. The first-order valence-electron chi connectivity index (χ1n) is 5.66. The van der Waals surface area contributed by atoms with Gasteiger partial charge in [0.15, 0.2) is 5.69 Å². The van der Waals surface area contributed by atoms with E-state index in [1.807, 2.05) is 0 Å². The fourth-order valence-corrected chi connectivity index (χ4v) is 1.23. The number of nitrogens with zero attached hydrogens (tertiary/aromatic N) is 2. The molecule has 6 heteroatoms. The van der Waals surface area contributed by atoms with Crippen LogP contribution in [0, 0.1) is 0 Å². The van der Waals surface area contributed by atoms with E-state index >= 15 is 0 Å². The Balaban J connectivity index is 2.38. The molecule has 0 aliphatic rings. The maximum absolute atomic E-state index is 11.2. The average Bonchev–Trinajstić information content (AvgIpc) is 2.34. The van der Waals surface area contributed by atoms with Crippen LogP contribution >= 0.6 is 0 Å². The van der Waals surface area contributed by atoms with Crippen molar-refractivity contribution in [3.05, 3.63) is 17.8 Å². The van der Waals surface area contributed by atoms with Crippen molar-refractivity contribution in [2.75, 3.05) is 25.5 Å². The van der Waals surface area contributed by atoms with Gasteiger partial charge in [-0.25, -0.2) is 0 Å². The van der Waals surface area contributed by atoms with Gasteiger partial charge in [-0.15, -0.1) is 10.2 Å². The molecule has 17 heavy (non-hydrogen) atoms. The maximum Gasteiger partial charge on any atom is 0.271 e. The molecule has 6 nitrogen and oxygen atoms in total. The molecular weight excluding hydrogens is 218 g/mol. The molecule has 0 bridgehead atoms. The molecule has 1 heterocycles. The SMILES string of the molecule is CNC(=O)c1ccc(NCCNC(C)C)nn1. The number of carbonyl (C=O) groups excluding carboxylic acids is 1. The molecule has 0 aromatic carbocycles. The predicted octanol–water partition coefficient (Wildman–Crippen LogP) is 0.246. The minimum atomic E-state index is -0.231. The fraction of sp³-hybridized carbons (Fsp3) is 0.545. The van der Waals surface area contributed by atoms with E-state index in [1.54, 1.807) is 19.2 Å². The number of amides is 1. The Morgan fingerprint density at radius 3 is 2.59 bits per heavy atom. The van der Waals surface area contributed by atoms with Crippen LogP contribution < -0.4 is 16.0 Å². The molecule has 0 radical (unpaired) electrons. The van der Waals surface area contributed by atoms with Crippen molar-refractivity contribution in [2.45, 2.75) is 19.9 Å². The summed E-state index contributed by atoms with van der Waals surface area (Å²) in [6.07, 6.45) is 0. The van der Waals surface area contributed by atoms with Gasteiger partial charge in [-0.1, -0.05) is 13.8 Å². The molecule has 3 N–H and O–H groups in total. The number of hydrogen-bond donors (Lipinski definition) is 3. The zero-order valence-electron chi connectivity index (χ0n) is 10.4. The summed E-state index contributed by atoms with van der Waals surface area (Å²) in [4.78, 5) is 11.2. The molecule has 1 amide bonds. The summed E-state index contributed by atoms with van der Waals surface area (Å²) >= 11 is 0. The van der Waals surface area contributed by atoms with Crippen molar-refractivity contribution in [3.63, 3.8) is 0 Å². The Morgan fingerprint density at radius 2 is 2.06 bits per heavy atom. The van der Waals surface area contributed by atoms with Crippen LogP contribution in [0.3, 0.4) is 0 Å². The van der Waals surface area contributed by atoms with Crippen LogP contribution in [-0.2, 0) is 0 Å². The van der Waals surface area contributed by atoms with Crippen LogP contribution in [0.1, 0.15) is 24.3 Å². The van der Waals surface area contributed by atoms with Gasteiger partial charge in [-0.05, 0) is 12.1 Å². The zero-order chi connectivity index (χ0) is 12.7. The number of hydrogen-bond acceptors (Lipinski definition) is 5. The third-order valence-electron chi connectivity index (χ3n) is 2.11. The van der Waals surface area contributed by atoms with E-state index < -0.39 is 0 Å². The molecular formula is C11H19N5O. The van der Waals surface area contributed by atoms with Crippen LogP contribution in [0.25, 0.3) is 0 Å². The van der Waals surface area contributed by atoms with Crippen LogP contribution in [0.4, 0.5) is 5.82 Å². The average molecular weight is 237 g/mol. The van der Waals surface area contributed by atoms with Crippen molar-refractivity contribution in [1.29, 1.82) is 0 Å². The first-order chi connectivity index (χ1) is 8.13. The van der Waals surface area contributed by atoms with Gasteiger partial charge >= 0.3 is 0 Å². The third kappa shape index (κ3) is 4.78. The summed E-state index contributed by atoms with van der Waals surface area (Å²) in [5.41, 5.74) is 0.318. The number of nitrogens with one attached hydrogen (secondary N) is 3. The second-order valence-corrected chi connectivity index (χ2v) is 3.92. The van der Waals surface area contributed by atoms with Crippen LogP contribution in [0.2, 0.25) is 0 Å². The lowest BCUT2D eigenvalue weighted by Crippen LogP contribution is -2.28. The molecule has 0 saturated heterocycles. The van der Waals surface area contributed by atoms with Gasteiger partial charge in [0.1, 0.15) is 5.82 Å². The van der Waals surface area contributed by atoms with E-state index in [2.05, 4.69) is 40.0 Å². The molecule has 1 rings (SSSR count). The second kappa shape index (κ2) is 6.80. The lowest BCUT2D eigenvalue weighted by molar-refractivity contribution is 0.0957. The summed E-state index contributed by atoms with van der Waals surface area (Å²) in [5, 5.41) is 16.6. The smallest absolute Gasteiger partial charge is 0.271 e. The van der Waals surface area contributed by atoms with E-state index in [1.165, 1.54) is 0 Å². The molecule has 94 valence electrons. The van der Waals surface area contributed by atoms with E-state index in [0.717, 1.165) is 13.1 Å². The number of aromatic nitrogens is 2. The summed E-state index contributed by atoms with van der Waals surface area (Å²) in [5.74, 6) is 0.439. The lowest BCUT2D eigenvalue weighted by Gasteiger charge is -2.09. The zero-order valence-corrected chi connectivity index (χ0v) is 10.4. The van der Waals surface area contributed by atoms with Crippen molar-refractivity contribution in [1.82, 2.24) is 20.8 Å². The topological polar surface area (TPSA) is 78.9 Å². The van der Waals surface area contributed by atoms with Crippen molar-refractivity contribution < 1.29 is 4.79 Å². The highest BCUT2D eigenvalue weighted by molar-refractivity contribution is 5.91. The maximum atomic E-state index is 11.2. The van der Waals surface area contributed by atoms with Gasteiger partial charge in [0.05, 0.1) is 0 Å². The van der Waals surface area contributed by atoms with E-state index in [0.29, 0.717) is 17.6 Å². The molecule has 0 spiro atoms. The van der Waals surface area contributed by atoms with Crippen LogP contribution in [0.15, 0.2) is 12.1 Å². The molecule has 0 fully saturated rings. The fourth-order valence-electron chi connectivity index (χ4n) is 1.23. The van der Waals surface area contributed by atoms with Gasteiger partial charge in [-0.3, -0.25) is 4.79 Å². The van der Waals surface area contributed by atoms with E-state index in [9.17, 15) is 4.79 Å². The molecule has 1 aromatic rings. The third-order valence-corrected chi connectivity index (χ3v) is 2.11.